The van der Waals surface area contributed by atoms with Gasteiger partial charge in [-0.15, -0.1) is 0 Å². The van der Waals surface area contributed by atoms with E-state index in [4.69, 9.17) is 11.6 Å². The molecule has 1 aliphatic carbocycles. The molecule has 0 saturated heterocycles. The minimum absolute atomic E-state index is 0.232. The zero-order valence-electron chi connectivity index (χ0n) is 11.9. The zero-order valence-corrected chi connectivity index (χ0v) is 12.7. The van der Waals surface area contributed by atoms with Crippen LogP contribution in [0, 0.1) is 0 Å². The Kier molecular flexibility index (Phi) is 4.35. The fourth-order valence-electron chi connectivity index (χ4n) is 2.45. The number of nitrogens with zero attached hydrogens (tertiary/aromatic N) is 1. The van der Waals surface area contributed by atoms with Crippen molar-refractivity contribution in [2.24, 2.45) is 5.10 Å². The van der Waals surface area contributed by atoms with Crippen molar-refractivity contribution in [3.05, 3.63) is 76.9 Å². The van der Waals surface area contributed by atoms with Gasteiger partial charge >= 0.3 is 0 Å². The highest BCUT2D eigenvalue weighted by molar-refractivity contribution is 6.50. The lowest BCUT2D eigenvalue weighted by atomic mass is 9.92. The molecule has 0 saturated carbocycles. The van der Waals surface area contributed by atoms with Gasteiger partial charge in [0.2, 0.25) is 0 Å². The number of hydrogen-bond acceptors (Lipinski definition) is 2. The van der Waals surface area contributed by atoms with Gasteiger partial charge in [0, 0.05) is 5.56 Å². The van der Waals surface area contributed by atoms with E-state index in [1.54, 1.807) is 18.3 Å². The molecule has 0 heterocycles. The molecular weight excluding hydrogens is 296 g/mol. The molecule has 2 aromatic rings. The summed E-state index contributed by atoms with van der Waals surface area (Å²) in [7, 11) is 0. The monoisotopic (exact) mass is 310 g/mol. The molecule has 0 fully saturated rings. The molecule has 3 rings (SSSR count). The van der Waals surface area contributed by atoms with Crippen LogP contribution >= 0.6 is 11.6 Å². The molecule has 0 spiro atoms. The first-order chi connectivity index (χ1) is 10.8. The molecule has 0 unspecified atom stereocenters. The second-order valence-electron chi connectivity index (χ2n) is 5.06. The van der Waals surface area contributed by atoms with Gasteiger partial charge in [0.25, 0.3) is 5.91 Å². The number of carbonyl (C=O) groups is 1. The Morgan fingerprint density at radius 1 is 1.05 bits per heavy atom. The Balaban J connectivity index is 1.72. The van der Waals surface area contributed by atoms with E-state index in [1.807, 2.05) is 36.4 Å². The van der Waals surface area contributed by atoms with Crippen molar-refractivity contribution in [1.82, 2.24) is 5.43 Å². The summed E-state index contributed by atoms with van der Waals surface area (Å²) in [5, 5.41) is 4.74. The predicted octanol–water partition coefficient (Wildman–Crippen LogP) is 4.00. The highest BCUT2D eigenvalue weighted by Crippen LogP contribution is 2.32. The summed E-state index contributed by atoms with van der Waals surface area (Å²) in [5.74, 6) is -0.232. The quantitative estimate of drug-likeness (QED) is 0.675. The number of amides is 1. The maximum absolute atomic E-state index is 11.9. The van der Waals surface area contributed by atoms with Gasteiger partial charge in [-0.25, -0.2) is 5.43 Å². The number of aryl methyl sites for hydroxylation is 1. The highest BCUT2D eigenvalue weighted by Gasteiger charge is 2.15. The first kappa shape index (κ1) is 14.5. The Bertz CT molecular complexity index is 751. The van der Waals surface area contributed by atoms with Crippen molar-refractivity contribution in [1.29, 1.82) is 0 Å². The first-order valence-corrected chi connectivity index (χ1v) is 7.49. The van der Waals surface area contributed by atoms with E-state index in [-0.39, 0.29) is 5.91 Å². The Labute approximate surface area is 134 Å². The Morgan fingerprint density at radius 3 is 2.59 bits per heavy atom. The Morgan fingerprint density at radius 2 is 1.77 bits per heavy atom. The molecule has 1 amide bonds. The molecule has 0 radical (unpaired) electrons. The second kappa shape index (κ2) is 6.58. The zero-order chi connectivity index (χ0) is 15.4. The van der Waals surface area contributed by atoms with Gasteiger partial charge in [-0.1, -0.05) is 54.1 Å². The topological polar surface area (TPSA) is 41.5 Å². The third-order valence-electron chi connectivity index (χ3n) is 3.62. The van der Waals surface area contributed by atoms with Gasteiger partial charge in [-0.3, -0.25) is 4.79 Å². The van der Waals surface area contributed by atoms with Crippen molar-refractivity contribution < 1.29 is 4.79 Å². The maximum atomic E-state index is 11.9. The fraction of sp³-hybridized carbons (Fsp3) is 0.111. The van der Waals surface area contributed by atoms with E-state index in [0.717, 1.165) is 24.0 Å². The maximum Gasteiger partial charge on any atom is 0.271 e. The third kappa shape index (κ3) is 3.10. The summed E-state index contributed by atoms with van der Waals surface area (Å²) < 4.78 is 0. The number of halogens is 1. The molecule has 0 aromatic heterocycles. The molecular formula is C18H15ClN2O. The number of fused-ring (bicyclic) bond motifs is 1. The van der Waals surface area contributed by atoms with E-state index >= 15 is 0 Å². The van der Waals surface area contributed by atoms with Crippen molar-refractivity contribution in [2.75, 3.05) is 0 Å². The van der Waals surface area contributed by atoms with Gasteiger partial charge in [-0.2, -0.15) is 5.10 Å². The van der Waals surface area contributed by atoms with E-state index in [0.29, 0.717) is 10.6 Å². The van der Waals surface area contributed by atoms with Gasteiger partial charge in [0.15, 0.2) is 0 Å². The van der Waals surface area contributed by atoms with E-state index in [1.165, 1.54) is 5.56 Å². The average molecular weight is 311 g/mol. The number of benzene rings is 2. The molecule has 3 nitrogen and oxygen atoms in total. The molecule has 0 aliphatic heterocycles. The van der Waals surface area contributed by atoms with E-state index in [2.05, 4.69) is 16.6 Å². The van der Waals surface area contributed by atoms with Gasteiger partial charge in [-0.05, 0) is 41.7 Å². The van der Waals surface area contributed by atoms with Crippen LogP contribution < -0.4 is 5.43 Å². The van der Waals surface area contributed by atoms with E-state index < -0.39 is 0 Å². The molecule has 0 atom stereocenters. The number of allylic oxidation sites excluding steroid dienone is 1. The lowest BCUT2D eigenvalue weighted by Crippen LogP contribution is -2.17. The SMILES string of the molecule is O=C(N/N=C/C1=C(Cl)c2ccccc2CC1)c1ccccc1. The Hall–Kier alpha value is -2.39. The van der Waals surface area contributed by atoms with Crippen LogP contribution in [0.1, 0.15) is 27.9 Å². The number of hydrazone groups is 1. The van der Waals surface area contributed by atoms with Crippen LogP contribution in [0.5, 0.6) is 0 Å². The lowest BCUT2D eigenvalue weighted by molar-refractivity contribution is 0.0955. The third-order valence-corrected chi connectivity index (χ3v) is 4.07. The van der Waals surface area contributed by atoms with Crippen LogP contribution in [0.3, 0.4) is 0 Å². The normalized spacial score (nSPS) is 14.0. The molecule has 4 heteroatoms. The molecule has 1 N–H and O–H groups in total. The molecule has 110 valence electrons. The molecule has 0 bridgehead atoms. The van der Waals surface area contributed by atoms with Gasteiger partial charge in [0.05, 0.1) is 11.2 Å². The molecule has 22 heavy (non-hydrogen) atoms. The van der Waals surface area contributed by atoms with Crippen LogP contribution in [0.4, 0.5) is 0 Å². The second-order valence-corrected chi connectivity index (χ2v) is 5.44. The summed E-state index contributed by atoms with van der Waals surface area (Å²) in [5.41, 5.74) is 6.34. The van der Waals surface area contributed by atoms with Gasteiger partial charge in [0.1, 0.15) is 0 Å². The smallest absolute Gasteiger partial charge is 0.267 e. The van der Waals surface area contributed by atoms with Gasteiger partial charge < -0.3 is 0 Å². The lowest BCUT2D eigenvalue weighted by Gasteiger charge is -2.17. The standard InChI is InChI=1S/C18H15ClN2O/c19-17-15(11-10-13-6-4-5-9-16(13)17)12-20-21-18(22)14-7-2-1-3-8-14/h1-9,12H,10-11H2,(H,21,22)/b20-12+. The van der Waals surface area contributed by atoms with Crippen LogP contribution in [0.25, 0.3) is 5.03 Å². The summed E-state index contributed by atoms with van der Waals surface area (Å²) in [6.07, 6.45) is 3.39. The summed E-state index contributed by atoms with van der Waals surface area (Å²) >= 11 is 6.42. The molecule has 2 aromatic carbocycles. The first-order valence-electron chi connectivity index (χ1n) is 7.11. The van der Waals surface area contributed by atoms with Crippen LogP contribution in [-0.4, -0.2) is 12.1 Å². The van der Waals surface area contributed by atoms with Crippen molar-refractivity contribution in [3.63, 3.8) is 0 Å². The number of nitrogens with one attached hydrogen (secondary N) is 1. The summed E-state index contributed by atoms with van der Waals surface area (Å²) in [6.45, 7) is 0. The number of rotatable bonds is 3. The minimum Gasteiger partial charge on any atom is -0.267 e. The minimum atomic E-state index is -0.232. The van der Waals surface area contributed by atoms with E-state index in [9.17, 15) is 4.79 Å². The summed E-state index contributed by atoms with van der Waals surface area (Å²) in [6, 6.07) is 17.1. The molecule has 1 aliphatic rings. The van der Waals surface area contributed by atoms with Crippen LogP contribution in [0.15, 0.2) is 65.3 Å². The van der Waals surface area contributed by atoms with Crippen molar-refractivity contribution in [3.8, 4) is 0 Å². The van der Waals surface area contributed by atoms with Crippen LogP contribution in [-0.2, 0) is 6.42 Å². The largest absolute Gasteiger partial charge is 0.271 e. The highest BCUT2D eigenvalue weighted by atomic mass is 35.5. The fourth-order valence-corrected chi connectivity index (χ4v) is 2.78. The van der Waals surface area contributed by atoms with Crippen molar-refractivity contribution in [2.45, 2.75) is 12.8 Å². The summed E-state index contributed by atoms with van der Waals surface area (Å²) in [4.78, 5) is 11.9. The average Bonchev–Trinajstić information content (AvgIpc) is 2.58. The van der Waals surface area contributed by atoms with Crippen molar-refractivity contribution >= 4 is 28.8 Å². The number of hydrogen-bond donors (Lipinski definition) is 1. The van der Waals surface area contributed by atoms with Crippen LogP contribution in [0.2, 0.25) is 0 Å². The predicted molar refractivity (Wildman–Crippen MR) is 89.9 cm³/mol. The number of carbonyl (C=O) groups excluding carboxylic acids is 1.